The highest BCUT2D eigenvalue weighted by atomic mass is 16.5. The molecule has 1 saturated carbocycles. The monoisotopic (exact) mass is 356 g/mol. The van der Waals surface area contributed by atoms with Gasteiger partial charge in [-0.05, 0) is 44.0 Å². The summed E-state index contributed by atoms with van der Waals surface area (Å²) in [7, 11) is 0. The average Bonchev–Trinajstić information content (AvgIpc) is 3.34. The van der Waals surface area contributed by atoms with E-state index in [1.807, 2.05) is 18.2 Å². The molecule has 1 aliphatic rings. The minimum Gasteiger partial charge on any atom is -0.467 e. The van der Waals surface area contributed by atoms with E-state index in [0.717, 1.165) is 31.4 Å². The van der Waals surface area contributed by atoms with Crippen LogP contribution in [0.4, 0.5) is 5.69 Å². The zero-order chi connectivity index (χ0) is 18.4. The van der Waals surface area contributed by atoms with Crippen LogP contribution >= 0.6 is 0 Å². The Morgan fingerprint density at radius 2 is 1.96 bits per heavy atom. The second-order valence-electron chi connectivity index (χ2n) is 6.52. The summed E-state index contributed by atoms with van der Waals surface area (Å²) in [5.41, 5.74) is 1.02. The normalized spacial score (nSPS) is 15.4. The zero-order valence-corrected chi connectivity index (χ0v) is 14.9. The molecule has 138 valence electrons. The lowest BCUT2D eigenvalue weighted by molar-refractivity contribution is -0.129. The summed E-state index contributed by atoms with van der Waals surface area (Å²) in [6.07, 6.45) is 5.02. The third-order valence-corrected chi connectivity index (χ3v) is 4.53. The maximum absolute atomic E-state index is 12.5. The molecule has 1 amide bonds. The second-order valence-corrected chi connectivity index (χ2v) is 6.52. The fourth-order valence-corrected chi connectivity index (χ4v) is 3.08. The van der Waals surface area contributed by atoms with Crippen LogP contribution in [0.1, 0.15) is 48.7 Å². The first kappa shape index (κ1) is 18.0. The van der Waals surface area contributed by atoms with Gasteiger partial charge in [-0.25, -0.2) is 4.79 Å². The van der Waals surface area contributed by atoms with Crippen LogP contribution in [0.15, 0.2) is 47.1 Å². The highest BCUT2D eigenvalue weighted by molar-refractivity contribution is 5.97. The van der Waals surface area contributed by atoms with Gasteiger partial charge in [0.15, 0.2) is 6.10 Å². The highest BCUT2D eigenvalue weighted by Gasteiger charge is 2.24. The van der Waals surface area contributed by atoms with Crippen LogP contribution in [0.5, 0.6) is 0 Å². The Hall–Kier alpha value is -2.76. The number of hydrogen-bond donors (Lipinski definition) is 2. The van der Waals surface area contributed by atoms with Crippen LogP contribution < -0.4 is 10.6 Å². The van der Waals surface area contributed by atoms with Crippen molar-refractivity contribution in [2.45, 2.75) is 51.3 Å². The van der Waals surface area contributed by atoms with Crippen LogP contribution in [0, 0.1) is 0 Å². The SMILES string of the molecule is CC(OC(=O)c1ccccc1NCc1ccco1)C(=O)NC1CCCC1. The van der Waals surface area contributed by atoms with Crippen molar-refractivity contribution in [3.05, 3.63) is 54.0 Å². The first-order valence-corrected chi connectivity index (χ1v) is 9.00. The summed E-state index contributed by atoms with van der Waals surface area (Å²) in [6, 6.07) is 10.9. The summed E-state index contributed by atoms with van der Waals surface area (Å²) >= 11 is 0. The van der Waals surface area contributed by atoms with Gasteiger partial charge in [0.25, 0.3) is 5.91 Å². The molecule has 0 aliphatic heterocycles. The van der Waals surface area contributed by atoms with E-state index in [0.29, 0.717) is 17.8 Å². The van der Waals surface area contributed by atoms with Crippen molar-refractivity contribution in [3.63, 3.8) is 0 Å². The maximum Gasteiger partial charge on any atom is 0.341 e. The number of anilines is 1. The van der Waals surface area contributed by atoms with Crippen molar-refractivity contribution >= 4 is 17.6 Å². The smallest absolute Gasteiger partial charge is 0.341 e. The number of para-hydroxylation sites is 1. The summed E-state index contributed by atoms with van der Waals surface area (Å²) in [4.78, 5) is 24.7. The standard InChI is InChI=1S/C20H24N2O4/c1-14(19(23)22-15-7-2-3-8-15)26-20(24)17-10-4-5-11-18(17)21-13-16-9-6-12-25-16/h4-6,9-12,14-15,21H,2-3,7-8,13H2,1H3,(H,22,23). The number of carbonyl (C=O) groups excluding carboxylic acids is 2. The molecule has 2 N–H and O–H groups in total. The molecule has 2 aromatic rings. The van der Waals surface area contributed by atoms with Crippen molar-refractivity contribution in [1.82, 2.24) is 5.32 Å². The van der Waals surface area contributed by atoms with Crippen LogP contribution in [0.25, 0.3) is 0 Å². The average molecular weight is 356 g/mol. The predicted molar refractivity (Wildman–Crippen MR) is 97.8 cm³/mol. The lowest BCUT2D eigenvalue weighted by Crippen LogP contribution is -2.40. The number of ether oxygens (including phenoxy) is 1. The van der Waals surface area contributed by atoms with Gasteiger partial charge in [0.05, 0.1) is 18.4 Å². The van der Waals surface area contributed by atoms with E-state index in [-0.39, 0.29) is 11.9 Å². The molecule has 0 radical (unpaired) electrons. The van der Waals surface area contributed by atoms with Crippen LogP contribution in [0.2, 0.25) is 0 Å². The Kier molecular flexibility index (Phi) is 5.94. The van der Waals surface area contributed by atoms with Gasteiger partial charge in [-0.1, -0.05) is 25.0 Å². The molecule has 1 aromatic carbocycles. The van der Waals surface area contributed by atoms with Crippen molar-refractivity contribution in [1.29, 1.82) is 0 Å². The number of rotatable bonds is 7. The summed E-state index contributed by atoms with van der Waals surface area (Å²) in [6.45, 7) is 2.05. The molecule has 0 bridgehead atoms. The second kappa shape index (κ2) is 8.56. The maximum atomic E-state index is 12.5. The van der Waals surface area contributed by atoms with E-state index in [1.54, 1.807) is 31.4 Å². The predicted octanol–water partition coefficient (Wildman–Crippen LogP) is 3.50. The number of esters is 1. The molecule has 1 aliphatic carbocycles. The lowest BCUT2D eigenvalue weighted by Gasteiger charge is -2.18. The molecule has 3 rings (SSSR count). The molecule has 1 aromatic heterocycles. The van der Waals surface area contributed by atoms with Gasteiger partial charge in [-0.15, -0.1) is 0 Å². The van der Waals surface area contributed by atoms with Crippen molar-refractivity contribution < 1.29 is 18.7 Å². The molecule has 0 spiro atoms. The van der Waals surface area contributed by atoms with Crippen LogP contribution in [-0.2, 0) is 16.1 Å². The molecular formula is C20H24N2O4. The largest absolute Gasteiger partial charge is 0.467 e. The first-order chi connectivity index (χ1) is 12.6. The third-order valence-electron chi connectivity index (χ3n) is 4.53. The number of hydrogen-bond acceptors (Lipinski definition) is 5. The van der Waals surface area contributed by atoms with E-state index in [1.165, 1.54) is 0 Å². The fraction of sp³-hybridized carbons (Fsp3) is 0.400. The first-order valence-electron chi connectivity index (χ1n) is 9.00. The van der Waals surface area contributed by atoms with Crippen molar-refractivity contribution in [2.75, 3.05) is 5.32 Å². The van der Waals surface area contributed by atoms with Gasteiger partial charge < -0.3 is 19.8 Å². The quantitative estimate of drug-likeness (QED) is 0.742. The molecule has 6 nitrogen and oxygen atoms in total. The molecule has 1 unspecified atom stereocenters. The van der Waals surface area contributed by atoms with Crippen LogP contribution in [0.3, 0.4) is 0 Å². The Labute approximate surface area is 152 Å². The van der Waals surface area contributed by atoms with E-state index in [9.17, 15) is 9.59 Å². The summed E-state index contributed by atoms with van der Waals surface area (Å²) < 4.78 is 10.7. The topological polar surface area (TPSA) is 80.6 Å². The number of amides is 1. The third kappa shape index (κ3) is 4.65. The number of furan rings is 1. The lowest BCUT2D eigenvalue weighted by atomic mass is 10.1. The van der Waals surface area contributed by atoms with E-state index in [2.05, 4.69) is 10.6 Å². The minimum atomic E-state index is -0.832. The zero-order valence-electron chi connectivity index (χ0n) is 14.9. The van der Waals surface area contributed by atoms with Gasteiger partial charge in [0, 0.05) is 11.7 Å². The van der Waals surface area contributed by atoms with E-state index in [4.69, 9.17) is 9.15 Å². The number of benzene rings is 1. The number of nitrogens with one attached hydrogen (secondary N) is 2. The minimum absolute atomic E-state index is 0.200. The molecule has 6 heteroatoms. The summed E-state index contributed by atoms with van der Waals surface area (Å²) in [5.74, 6) is -0.00891. The number of carbonyl (C=O) groups is 2. The molecular weight excluding hydrogens is 332 g/mol. The van der Waals surface area contributed by atoms with E-state index < -0.39 is 12.1 Å². The van der Waals surface area contributed by atoms with Crippen molar-refractivity contribution in [2.24, 2.45) is 0 Å². The van der Waals surface area contributed by atoms with Gasteiger partial charge in [-0.3, -0.25) is 4.79 Å². The van der Waals surface area contributed by atoms with E-state index >= 15 is 0 Å². The van der Waals surface area contributed by atoms with Gasteiger partial charge in [0.1, 0.15) is 5.76 Å². The molecule has 26 heavy (non-hydrogen) atoms. The molecule has 1 fully saturated rings. The molecule has 1 heterocycles. The van der Waals surface area contributed by atoms with Gasteiger partial charge in [-0.2, -0.15) is 0 Å². The van der Waals surface area contributed by atoms with Crippen molar-refractivity contribution in [3.8, 4) is 0 Å². The fourth-order valence-electron chi connectivity index (χ4n) is 3.08. The highest BCUT2D eigenvalue weighted by Crippen LogP contribution is 2.20. The Bertz CT molecular complexity index is 736. The van der Waals surface area contributed by atoms with Crippen LogP contribution in [-0.4, -0.2) is 24.0 Å². The Morgan fingerprint density at radius 3 is 2.69 bits per heavy atom. The van der Waals surface area contributed by atoms with Gasteiger partial charge in [0.2, 0.25) is 0 Å². The Balaban J connectivity index is 1.58. The van der Waals surface area contributed by atoms with Gasteiger partial charge >= 0.3 is 5.97 Å². The summed E-state index contributed by atoms with van der Waals surface area (Å²) in [5, 5.41) is 6.11. The Morgan fingerprint density at radius 1 is 1.19 bits per heavy atom. The molecule has 1 atom stereocenters. The molecule has 0 saturated heterocycles.